The lowest BCUT2D eigenvalue weighted by Crippen LogP contribution is -2.67. The van der Waals surface area contributed by atoms with E-state index in [2.05, 4.69) is 4.98 Å². The lowest BCUT2D eigenvalue weighted by molar-refractivity contribution is -0.0825. The van der Waals surface area contributed by atoms with E-state index in [9.17, 15) is 14.3 Å². The van der Waals surface area contributed by atoms with Crippen LogP contribution in [0, 0.1) is 11.6 Å². The van der Waals surface area contributed by atoms with Crippen LogP contribution in [0.15, 0.2) is 91.0 Å². The number of carbonyl (C=O) groups is 1. The SMILES string of the molecule is C[C@@H]1Cc2c([nH]c3cc(C(=O)O)ccc23)[C@@H](c2c(F)cc(OC3CN(CCCF)C3)cc2F)N1CC(F)(F)CO[Si](c1ccccc1)(c1ccccc1)C(C)(C)C. The van der Waals surface area contributed by atoms with E-state index < -0.39 is 74.4 Å². The van der Waals surface area contributed by atoms with Gasteiger partial charge in [-0.25, -0.2) is 22.4 Å². The van der Waals surface area contributed by atoms with E-state index in [0.29, 0.717) is 48.2 Å². The minimum atomic E-state index is -3.49. The van der Waals surface area contributed by atoms with Crippen molar-refractivity contribution in [2.75, 3.05) is 39.5 Å². The summed E-state index contributed by atoms with van der Waals surface area (Å²) in [5.74, 6) is -6.61. The number of aromatic nitrogens is 1. The third kappa shape index (κ3) is 7.99. The number of nitrogens with one attached hydrogen (secondary N) is 1. The van der Waals surface area contributed by atoms with Crippen LogP contribution in [0.4, 0.5) is 22.0 Å². The Labute approximate surface area is 330 Å². The summed E-state index contributed by atoms with van der Waals surface area (Å²) in [5.41, 5.74) is 0.978. The van der Waals surface area contributed by atoms with Gasteiger partial charge in [0.1, 0.15) is 23.5 Å². The Hall–Kier alpha value is -4.56. The van der Waals surface area contributed by atoms with Crippen molar-refractivity contribution in [3.05, 3.63) is 125 Å². The molecule has 0 radical (unpaired) electrons. The summed E-state index contributed by atoms with van der Waals surface area (Å²) in [5, 5.41) is 11.4. The molecule has 302 valence electrons. The molecule has 0 bridgehead atoms. The molecule has 3 heterocycles. The van der Waals surface area contributed by atoms with Crippen molar-refractivity contribution in [3.8, 4) is 5.75 Å². The molecule has 2 atom stereocenters. The minimum Gasteiger partial charge on any atom is -0.488 e. The third-order valence-corrected chi connectivity index (χ3v) is 16.3. The number of ether oxygens (including phenoxy) is 1. The molecule has 0 unspecified atom stereocenters. The van der Waals surface area contributed by atoms with Crippen molar-refractivity contribution in [2.24, 2.45) is 0 Å². The van der Waals surface area contributed by atoms with Crippen LogP contribution in [0.2, 0.25) is 5.04 Å². The van der Waals surface area contributed by atoms with Crippen LogP contribution in [0.1, 0.15) is 67.3 Å². The lowest BCUT2D eigenvalue weighted by atomic mass is 9.87. The van der Waals surface area contributed by atoms with Crippen LogP contribution in [-0.2, 0) is 10.8 Å². The highest BCUT2D eigenvalue weighted by Crippen LogP contribution is 2.45. The molecule has 0 amide bonds. The van der Waals surface area contributed by atoms with E-state index in [0.717, 1.165) is 22.5 Å². The van der Waals surface area contributed by atoms with Crippen molar-refractivity contribution in [2.45, 2.75) is 69.7 Å². The monoisotopic (exact) mass is 805 g/mol. The first-order chi connectivity index (χ1) is 27.1. The fourth-order valence-corrected chi connectivity index (χ4v) is 13.3. The van der Waals surface area contributed by atoms with E-state index >= 15 is 17.6 Å². The van der Waals surface area contributed by atoms with Crippen molar-refractivity contribution in [1.82, 2.24) is 14.8 Å². The molecular weight excluding hydrogens is 758 g/mol. The second-order valence-corrected chi connectivity index (χ2v) is 20.7. The molecule has 1 saturated heterocycles. The van der Waals surface area contributed by atoms with Gasteiger partial charge < -0.3 is 19.3 Å². The number of aromatic amines is 1. The van der Waals surface area contributed by atoms with Gasteiger partial charge in [0.25, 0.3) is 14.2 Å². The normalized spacial score (nSPS) is 18.4. The number of carboxylic acid groups (broad SMARTS) is 1. The first kappa shape index (κ1) is 40.6. The standard InChI is InChI=1S/C44H48F5N3O4Si/c1-28-20-35-34-17-16-29(42(53)54)21-38(34)50-40(35)41(39-36(46)22-30(23-37(39)47)56-31-24-51(25-31)19-11-18-45)52(28)26-44(48,49)27-55-57(43(2,3)4,32-12-7-5-8-13-32)33-14-9-6-10-15-33/h5-10,12-17,21-23,28,31,41,50H,11,18-20,24-27H2,1-4H3,(H,53,54)/t28-,41-/m1/s1. The van der Waals surface area contributed by atoms with Gasteiger partial charge in [-0.1, -0.05) is 87.5 Å². The molecule has 0 aliphatic carbocycles. The molecular formula is C44H48F5N3O4Si. The second kappa shape index (κ2) is 16.0. The fourth-order valence-electron chi connectivity index (χ4n) is 8.69. The number of nitrogens with zero attached hydrogens (tertiary/aromatic N) is 2. The van der Waals surface area contributed by atoms with Crippen molar-refractivity contribution >= 4 is 35.6 Å². The molecule has 4 aromatic carbocycles. The predicted octanol–water partition coefficient (Wildman–Crippen LogP) is 8.11. The number of likely N-dealkylation sites (tertiary alicyclic amines) is 1. The quantitative estimate of drug-likeness (QED) is 0.0873. The molecule has 13 heteroatoms. The number of H-pyrrole nitrogens is 1. The minimum absolute atomic E-state index is 0.00711. The summed E-state index contributed by atoms with van der Waals surface area (Å²) in [6.45, 7) is 7.01. The zero-order valence-corrected chi connectivity index (χ0v) is 33.5. The Morgan fingerprint density at radius 3 is 2.11 bits per heavy atom. The molecule has 2 aliphatic heterocycles. The van der Waals surface area contributed by atoms with Crippen LogP contribution < -0.4 is 15.1 Å². The van der Waals surface area contributed by atoms with Crippen molar-refractivity contribution < 1.29 is 41.0 Å². The number of fused-ring (bicyclic) bond motifs is 3. The summed E-state index contributed by atoms with van der Waals surface area (Å²) in [6, 6.07) is 23.7. The molecule has 5 aromatic rings. The van der Waals surface area contributed by atoms with Crippen LogP contribution in [0.25, 0.3) is 10.9 Å². The third-order valence-electron chi connectivity index (χ3n) is 11.3. The van der Waals surface area contributed by atoms with Gasteiger partial charge in [0.15, 0.2) is 0 Å². The van der Waals surface area contributed by atoms with E-state index in [4.69, 9.17) is 9.16 Å². The molecule has 1 fully saturated rings. The van der Waals surface area contributed by atoms with Gasteiger partial charge in [0.05, 0.1) is 31.4 Å². The maximum absolute atomic E-state index is 16.9. The molecule has 7 rings (SSSR count). The topological polar surface area (TPSA) is 78.0 Å². The highest BCUT2D eigenvalue weighted by molar-refractivity contribution is 6.99. The Bertz CT molecular complexity index is 2150. The Balaban J connectivity index is 1.25. The van der Waals surface area contributed by atoms with Crippen molar-refractivity contribution in [3.63, 3.8) is 0 Å². The van der Waals surface area contributed by atoms with Gasteiger partial charge in [-0.3, -0.25) is 14.2 Å². The zero-order chi connectivity index (χ0) is 40.7. The molecule has 1 aromatic heterocycles. The molecule has 0 saturated carbocycles. The van der Waals surface area contributed by atoms with Crippen LogP contribution in [-0.4, -0.2) is 91.7 Å². The largest absolute Gasteiger partial charge is 0.488 e. The van der Waals surface area contributed by atoms with E-state index in [1.165, 1.54) is 17.0 Å². The van der Waals surface area contributed by atoms with Crippen LogP contribution in [0.3, 0.4) is 0 Å². The van der Waals surface area contributed by atoms with Gasteiger partial charge in [0, 0.05) is 60.0 Å². The summed E-state index contributed by atoms with van der Waals surface area (Å²) < 4.78 is 91.8. The predicted molar refractivity (Wildman–Crippen MR) is 213 cm³/mol. The number of hydrogen-bond donors (Lipinski definition) is 2. The number of halogens is 5. The van der Waals surface area contributed by atoms with Gasteiger partial charge in [-0.15, -0.1) is 0 Å². The number of carboxylic acids is 1. The fraction of sp³-hybridized carbons (Fsp3) is 0.386. The summed E-state index contributed by atoms with van der Waals surface area (Å²) in [7, 11) is -3.37. The zero-order valence-electron chi connectivity index (χ0n) is 32.5. The summed E-state index contributed by atoms with van der Waals surface area (Å²) >= 11 is 0. The lowest BCUT2D eigenvalue weighted by Gasteiger charge is -2.45. The number of hydrogen-bond acceptors (Lipinski definition) is 5. The van der Waals surface area contributed by atoms with Crippen molar-refractivity contribution in [1.29, 1.82) is 0 Å². The number of benzene rings is 4. The Morgan fingerprint density at radius 2 is 1.54 bits per heavy atom. The van der Waals surface area contributed by atoms with E-state index in [1.807, 2.05) is 86.3 Å². The van der Waals surface area contributed by atoms with E-state index in [1.54, 1.807) is 13.0 Å². The molecule has 0 spiro atoms. The highest BCUT2D eigenvalue weighted by Gasteiger charge is 2.53. The van der Waals surface area contributed by atoms with Gasteiger partial charge >= 0.3 is 5.97 Å². The summed E-state index contributed by atoms with van der Waals surface area (Å²) in [4.78, 5) is 18.4. The maximum atomic E-state index is 16.9. The number of aromatic carboxylic acids is 1. The average molecular weight is 806 g/mol. The average Bonchev–Trinajstić information content (AvgIpc) is 3.51. The van der Waals surface area contributed by atoms with Gasteiger partial charge in [0.2, 0.25) is 0 Å². The smallest absolute Gasteiger partial charge is 0.335 e. The van der Waals surface area contributed by atoms with Crippen LogP contribution >= 0.6 is 0 Å². The first-order valence-electron chi connectivity index (χ1n) is 19.3. The van der Waals surface area contributed by atoms with Gasteiger partial charge in [-0.2, -0.15) is 0 Å². The second-order valence-electron chi connectivity index (χ2n) is 16.4. The first-order valence-corrected chi connectivity index (χ1v) is 21.2. The van der Waals surface area contributed by atoms with Gasteiger partial charge in [-0.05, 0) is 52.9 Å². The van der Waals surface area contributed by atoms with Crippen LogP contribution in [0.5, 0.6) is 5.75 Å². The Morgan fingerprint density at radius 1 is 0.930 bits per heavy atom. The number of rotatable bonds is 14. The molecule has 7 nitrogen and oxygen atoms in total. The Kier molecular flexibility index (Phi) is 11.4. The molecule has 2 N–H and O–H groups in total. The number of alkyl halides is 3. The molecule has 2 aliphatic rings. The molecule has 57 heavy (non-hydrogen) atoms. The maximum Gasteiger partial charge on any atom is 0.335 e. The highest BCUT2D eigenvalue weighted by atomic mass is 28.4. The summed E-state index contributed by atoms with van der Waals surface area (Å²) in [6.07, 6.45) is 0.312. The van der Waals surface area contributed by atoms with E-state index in [-0.39, 0.29) is 23.8 Å².